The minimum atomic E-state index is -1.10. The summed E-state index contributed by atoms with van der Waals surface area (Å²) in [6.45, 7) is -0.970. The fraction of sp³-hybridized carbons (Fsp3) is 0.125. The lowest BCUT2D eigenvalue weighted by Gasteiger charge is -2.08. The maximum atomic E-state index is 13.0. The zero-order chi connectivity index (χ0) is 17.5. The monoisotopic (exact) mass is 355 g/mol. The molecule has 0 radical (unpaired) electrons. The van der Waals surface area contributed by atoms with Gasteiger partial charge in [0.05, 0.1) is 0 Å². The van der Waals surface area contributed by atoms with Gasteiger partial charge in [0.25, 0.3) is 5.91 Å². The molecular formula is C16H12ClF2NO4. The molecule has 0 saturated carbocycles. The van der Waals surface area contributed by atoms with Crippen molar-refractivity contribution >= 4 is 29.2 Å². The van der Waals surface area contributed by atoms with Crippen LogP contribution >= 0.6 is 11.6 Å². The van der Waals surface area contributed by atoms with Crippen LogP contribution in [0.4, 0.5) is 14.5 Å². The number of benzene rings is 2. The van der Waals surface area contributed by atoms with E-state index < -0.39 is 30.1 Å². The standard InChI is InChI=1S/C16H12ClF2NO4/c17-10-1-4-12(5-2-10)23-9-16(22)24-8-15(21)20-11-3-6-13(18)14(19)7-11/h1-7H,8-9H2,(H,20,21). The Labute approximate surface area is 141 Å². The molecule has 1 amide bonds. The molecular weight excluding hydrogens is 344 g/mol. The van der Waals surface area contributed by atoms with Gasteiger partial charge in [-0.25, -0.2) is 13.6 Å². The number of nitrogens with one attached hydrogen (secondary N) is 1. The van der Waals surface area contributed by atoms with Crippen molar-refractivity contribution in [2.75, 3.05) is 18.5 Å². The molecule has 0 unspecified atom stereocenters. The largest absolute Gasteiger partial charge is 0.482 e. The van der Waals surface area contributed by atoms with Crippen LogP contribution in [-0.2, 0) is 14.3 Å². The molecule has 0 spiro atoms. The molecule has 0 bridgehead atoms. The van der Waals surface area contributed by atoms with E-state index in [0.717, 1.165) is 12.1 Å². The summed E-state index contributed by atoms with van der Waals surface area (Å²) in [6, 6.07) is 9.21. The van der Waals surface area contributed by atoms with Crippen molar-refractivity contribution in [3.05, 3.63) is 59.1 Å². The van der Waals surface area contributed by atoms with E-state index in [4.69, 9.17) is 21.1 Å². The fourth-order valence-corrected chi connectivity index (χ4v) is 1.76. The molecule has 8 heteroatoms. The number of esters is 1. The van der Waals surface area contributed by atoms with E-state index in [2.05, 4.69) is 5.32 Å². The Morgan fingerprint density at radius 1 is 1.00 bits per heavy atom. The van der Waals surface area contributed by atoms with Crippen molar-refractivity contribution in [1.82, 2.24) is 0 Å². The summed E-state index contributed by atoms with van der Waals surface area (Å²) >= 11 is 5.71. The zero-order valence-corrected chi connectivity index (χ0v) is 13.0. The van der Waals surface area contributed by atoms with Gasteiger partial charge in [0.15, 0.2) is 24.8 Å². The number of amides is 1. The highest BCUT2D eigenvalue weighted by atomic mass is 35.5. The second kappa shape index (κ2) is 8.26. The first kappa shape index (κ1) is 17.7. The van der Waals surface area contributed by atoms with Gasteiger partial charge in [0.2, 0.25) is 0 Å². The molecule has 0 atom stereocenters. The SMILES string of the molecule is O=C(COC(=O)COc1ccc(Cl)cc1)Nc1ccc(F)c(F)c1. The first-order chi connectivity index (χ1) is 11.4. The van der Waals surface area contributed by atoms with Crippen molar-refractivity contribution < 1.29 is 27.8 Å². The van der Waals surface area contributed by atoms with E-state index in [9.17, 15) is 18.4 Å². The van der Waals surface area contributed by atoms with Crippen molar-refractivity contribution in [3.63, 3.8) is 0 Å². The van der Waals surface area contributed by atoms with Gasteiger partial charge in [0, 0.05) is 16.8 Å². The number of ether oxygens (including phenoxy) is 2. The van der Waals surface area contributed by atoms with Gasteiger partial charge >= 0.3 is 5.97 Å². The lowest BCUT2D eigenvalue weighted by Crippen LogP contribution is -2.23. The predicted molar refractivity (Wildman–Crippen MR) is 82.9 cm³/mol. The molecule has 2 aromatic carbocycles. The molecule has 2 aromatic rings. The van der Waals surface area contributed by atoms with Gasteiger partial charge < -0.3 is 14.8 Å². The Morgan fingerprint density at radius 2 is 1.71 bits per heavy atom. The van der Waals surface area contributed by atoms with Gasteiger partial charge in [-0.3, -0.25) is 4.79 Å². The van der Waals surface area contributed by atoms with Crippen LogP contribution < -0.4 is 10.1 Å². The number of rotatable bonds is 6. The summed E-state index contributed by atoms with van der Waals surface area (Å²) in [5.41, 5.74) is 0.0485. The first-order valence-electron chi connectivity index (χ1n) is 6.73. The fourth-order valence-electron chi connectivity index (χ4n) is 1.63. The molecule has 24 heavy (non-hydrogen) atoms. The maximum absolute atomic E-state index is 13.0. The minimum Gasteiger partial charge on any atom is -0.482 e. The smallest absolute Gasteiger partial charge is 0.344 e. The molecule has 0 fully saturated rings. The Bertz CT molecular complexity index is 737. The summed E-state index contributed by atoms with van der Waals surface area (Å²) in [5.74, 6) is -3.16. The van der Waals surface area contributed by atoms with Crippen molar-refractivity contribution in [3.8, 4) is 5.75 Å². The topological polar surface area (TPSA) is 64.6 Å². The molecule has 1 N–H and O–H groups in total. The third-order valence-electron chi connectivity index (χ3n) is 2.74. The molecule has 5 nitrogen and oxygen atoms in total. The van der Waals surface area contributed by atoms with Crippen LogP contribution in [0.3, 0.4) is 0 Å². The molecule has 0 aromatic heterocycles. The summed E-state index contributed by atoms with van der Waals surface area (Å²) in [6.07, 6.45) is 0. The Kier molecular flexibility index (Phi) is 6.08. The molecule has 0 heterocycles. The minimum absolute atomic E-state index is 0.0485. The van der Waals surface area contributed by atoms with Crippen LogP contribution in [0.25, 0.3) is 0 Å². The van der Waals surface area contributed by atoms with Crippen LogP contribution in [0.1, 0.15) is 0 Å². The predicted octanol–water partition coefficient (Wildman–Crippen LogP) is 3.18. The molecule has 0 aliphatic rings. The Hall–Kier alpha value is -2.67. The van der Waals surface area contributed by atoms with E-state index in [-0.39, 0.29) is 12.3 Å². The summed E-state index contributed by atoms with van der Waals surface area (Å²) in [5, 5.41) is 2.79. The lowest BCUT2D eigenvalue weighted by molar-refractivity contribution is -0.149. The summed E-state index contributed by atoms with van der Waals surface area (Å²) in [4.78, 5) is 23.0. The third kappa shape index (κ3) is 5.51. The molecule has 0 aliphatic heterocycles. The summed E-state index contributed by atoms with van der Waals surface area (Å²) < 4.78 is 35.6. The second-order valence-electron chi connectivity index (χ2n) is 4.58. The quantitative estimate of drug-likeness (QED) is 0.808. The number of carbonyl (C=O) groups excluding carboxylic acids is 2. The molecule has 0 aliphatic carbocycles. The highest BCUT2D eigenvalue weighted by molar-refractivity contribution is 6.30. The third-order valence-corrected chi connectivity index (χ3v) is 2.99. The van der Waals surface area contributed by atoms with E-state index in [0.29, 0.717) is 10.8 Å². The van der Waals surface area contributed by atoms with Gasteiger partial charge in [-0.15, -0.1) is 0 Å². The number of hydrogen-bond acceptors (Lipinski definition) is 4. The van der Waals surface area contributed by atoms with E-state index in [1.807, 2.05) is 0 Å². The summed E-state index contributed by atoms with van der Waals surface area (Å²) in [7, 11) is 0. The van der Waals surface area contributed by atoms with Crippen molar-refractivity contribution in [2.45, 2.75) is 0 Å². The molecule has 2 rings (SSSR count). The van der Waals surface area contributed by atoms with Gasteiger partial charge in [-0.1, -0.05) is 11.6 Å². The van der Waals surface area contributed by atoms with E-state index in [1.165, 1.54) is 6.07 Å². The van der Waals surface area contributed by atoms with Crippen LogP contribution in [0.5, 0.6) is 5.75 Å². The van der Waals surface area contributed by atoms with Gasteiger partial charge in [0.1, 0.15) is 5.75 Å². The highest BCUT2D eigenvalue weighted by Gasteiger charge is 2.10. The van der Waals surface area contributed by atoms with Crippen molar-refractivity contribution in [2.24, 2.45) is 0 Å². The number of carbonyl (C=O) groups is 2. The van der Waals surface area contributed by atoms with Gasteiger partial charge in [-0.05, 0) is 36.4 Å². The van der Waals surface area contributed by atoms with Crippen LogP contribution in [0.2, 0.25) is 5.02 Å². The first-order valence-corrected chi connectivity index (χ1v) is 7.11. The van der Waals surface area contributed by atoms with Crippen LogP contribution in [-0.4, -0.2) is 25.1 Å². The van der Waals surface area contributed by atoms with E-state index in [1.54, 1.807) is 24.3 Å². The molecule has 0 saturated heterocycles. The van der Waals surface area contributed by atoms with Crippen LogP contribution in [0, 0.1) is 11.6 Å². The maximum Gasteiger partial charge on any atom is 0.344 e. The Morgan fingerprint density at radius 3 is 2.38 bits per heavy atom. The zero-order valence-electron chi connectivity index (χ0n) is 12.2. The van der Waals surface area contributed by atoms with E-state index >= 15 is 0 Å². The van der Waals surface area contributed by atoms with Gasteiger partial charge in [-0.2, -0.15) is 0 Å². The molecule has 126 valence electrons. The van der Waals surface area contributed by atoms with Crippen molar-refractivity contribution in [1.29, 1.82) is 0 Å². The normalized spacial score (nSPS) is 10.1. The lowest BCUT2D eigenvalue weighted by atomic mass is 10.3. The second-order valence-corrected chi connectivity index (χ2v) is 5.02. The number of halogens is 3. The number of anilines is 1. The average molecular weight is 356 g/mol. The average Bonchev–Trinajstić information content (AvgIpc) is 2.56. The van der Waals surface area contributed by atoms with Crippen LogP contribution in [0.15, 0.2) is 42.5 Å². The Balaban J connectivity index is 1.73. The highest BCUT2D eigenvalue weighted by Crippen LogP contribution is 2.15. The number of hydrogen-bond donors (Lipinski definition) is 1.